The van der Waals surface area contributed by atoms with Gasteiger partial charge in [-0.2, -0.15) is 15.3 Å². The van der Waals surface area contributed by atoms with Gasteiger partial charge in [0.25, 0.3) is 5.91 Å². The minimum atomic E-state index is -0.962. The number of rotatable bonds is 8. The van der Waals surface area contributed by atoms with Gasteiger partial charge in [-0.1, -0.05) is 6.07 Å². The summed E-state index contributed by atoms with van der Waals surface area (Å²) in [6, 6.07) is 5.15. The molecule has 1 saturated carbocycles. The van der Waals surface area contributed by atoms with E-state index in [0.29, 0.717) is 54.6 Å². The monoisotopic (exact) mass is 559 g/mol. The number of anilines is 2. The number of hydrogen-bond acceptors (Lipinski definition) is 9. The third-order valence-corrected chi connectivity index (χ3v) is 7.65. The molecule has 1 amide bonds. The molecule has 1 aliphatic carbocycles. The fourth-order valence-corrected chi connectivity index (χ4v) is 5.23. The zero-order chi connectivity index (χ0) is 28.6. The third kappa shape index (κ3) is 5.25. The number of nitrogens with one attached hydrogen (secondary N) is 4. The molecule has 0 bridgehead atoms. The Hall–Kier alpha value is -4.72. The lowest BCUT2D eigenvalue weighted by Gasteiger charge is -2.38. The van der Waals surface area contributed by atoms with Crippen LogP contribution in [0.2, 0.25) is 0 Å². The minimum Gasteiger partial charge on any atom is -0.368 e. The standard InChI is InChI=1S/C27H30FN11O2/c1-15-10-21(37-36-15)33-24-20-13-30-38-25(20)35-23(34-24)17-6-8-27(41-3,9-7-17)26(40)32-16(2)18-4-5-22(29-11-18)39-14-19(28)12-31-39/h4-5,10-14,16-17H,6-9H2,1-3H3,(H,32,40)(H3,30,33,34,35,36,37,38)/t16-,17-,27+/m0/s1. The molecule has 5 heterocycles. The third-order valence-electron chi connectivity index (χ3n) is 7.65. The van der Waals surface area contributed by atoms with Crippen LogP contribution in [-0.4, -0.2) is 63.7 Å². The number of carbonyl (C=O) groups excluding carboxylic acids is 1. The van der Waals surface area contributed by atoms with Crippen LogP contribution in [0.1, 0.15) is 61.6 Å². The second kappa shape index (κ2) is 10.7. The number of aromatic amines is 2. The van der Waals surface area contributed by atoms with Crippen molar-refractivity contribution in [3.63, 3.8) is 0 Å². The van der Waals surface area contributed by atoms with Crippen LogP contribution < -0.4 is 10.6 Å². The number of nitrogens with zero attached hydrogens (tertiary/aromatic N) is 7. The molecule has 6 rings (SSSR count). The maximum absolute atomic E-state index is 13.5. The van der Waals surface area contributed by atoms with Crippen molar-refractivity contribution in [1.29, 1.82) is 0 Å². The molecule has 212 valence electrons. The summed E-state index contributed by atoms with van der Waals surface area (Å²) in [7, 11) is 1.57. The van der Waals surface area contributed by atoms with Crippen molar-refractivity contribution in [2.75, 3.05) is 12.4 Å². The van der Waals surface area contributed by atoms with Gasteiger partial charge in [-0.25, -0.2) is 24.0 Å². The first kappa shape index (κ1) is 26.5. The second-order valence-electron chi connectivity index (χ2n) is 10.3. The number of methoxy groups -OCH3 is 1. The lowest BCUT2D eigenvalue weighted by molar-refractivity contribution is -0.148. The van der Waals surface area contributed by atoms with Gasteiger partial charge in [0, 0.05) is 31.0 Å². The van der Waals surface area contributed by atoms with E-state index in [9.17, 15) is 9.18 Å². The summed E-state index contributed by atoms with van der Waals surface area (Å²) in [5.41, 5.74) is 1.41. The first-order chi connectivity index (χ1) is 19.8. The van der Waals surface area contributed by atoms with Gasteiger partial charge < -0.3 is 15.4 Å². The maximum atomic E-state index is 13.5. The van der Waals surface area contributed by atoms with Crippen LogP contribution >= 0.6 is 0 Å². The van der Waals surface area contributed by atoms with Crippen LogP contribution in [0.4, 0.5) is 16.0 Å². The van der Waals surface area contributed by atoms with Crippen molar-refractivity contribution in [3.8, 4) is 5.82 Å². The topological polar surface area (TPSA) is 164 Å². The van der Waals surface area contributed by atoms with Crippen LogP contribution in [0.5, 0.6) is 0 Å². The number of amides is 1. The van der Waals surface area contributed by atoms with Gasteiger partial charge in [0.2, 0.25) is 0 Å². The fourth-order valence-electron chi connectivity index (χ4n) is 5.23. The van der Waals surface area contributed by atoms with E-state index in [4.69, 9.17) is 14.7 Å². The SMILES string of the molecule is CO[C@]1(C(=O)N[C@@H](C)c2ccc(-n3cc(F)cn3)nc2)CC[C@H](c2nc(Nc3cc(C)[nH]n3)c3cn[nH]c3n2)CC1. The molecule has 5 aromatic rings. The van der Waals surface area contributed by atoms with Crippen LogP contribution in [0.3, 0.4) is 0 Å². The summed E-state index contributed by atoms with van der Waals surface area (Å²) in [5, 5.41) is 25.3. The molecule has 41 heavy (non-hydrogen) atoms. The molecule has 1 fully saturated rings. The van der Waals surface area contributed by atoms with Gasteiger partial charge in [-0.3, -0.25) is 15.0 Å². The summed E-state index contributed by atoms with van der Waals surface area (Å²) in [6.45, 7) is 3.82. The van der Waals surface area contributed by atoms with Crippen molar-refractivity contribution in [1.82, 2.24) is 50.4 Å². The number of aromatic nitrogens is 9. The Kier molecular flexibility index (Phi) is 6.91. The largest absolute Gasteiger partial charge is 0.368 e. The molecule has 4 N–H and O–H groups in total. The van der Waals surface area contributed by atoms with Crippen molar-refractivity contribution in [2.24, 2.45) is 0 Å². The first-order valence-electron chi connectivity index (χ1n) is 13.4. The maximum Gasteiger partial charge on any atom is 0.252 e. The van der Waals surface area contributed by atoms with Gasteiger partial charge in [0.05, 0.1) is 30.0 Å². The fraction of sp³-hybridized carbons (Fsp3) is 0.370. The highest BCUT2D eigenvalue weighted by atomic mass is 19.1. The molecule has 0 unspecified atom stereocenters. The second-order valence-corrected chi connectivity index (χ2v) is 10.3. The number of carbonyl (C=O) groups is 1. The van der Waals surface area contributed by atoms with Gasteiger partial charge in [-0.15, -0.1) is 0 Å². The van der Waals surface area contributed by atoms with Crippen molar-refractivity contribution in [2.45, 2.75) is 57.1 Å². The summed E-state index contributed by atoms with van der Waals surface area (Å²) in [5.74, 6) is 1.87. The molecule has 0 spiro atoms. The number of fused-ring (bicyclic) bond motifs is 1. The average molecular weight is 560 g/mol. The van der Waals surface area contributed by atoms with Crippen LogP contribution in [-0.2, 0) is 9.53 Å². The predicted molar refractivity (Wildman–Crippen MR) is 147 cm³/mol. The lowest BCUT2D eigenvalue weighted by Crippen LogP contribution is -2.50. The molecular formula is C27H30FN11O2. The number of halogens is 1. The normalized spacial score (nSPS) is 19.8. The van der Waals surface area contributed by atoms with Gasteiger partial charge >= 0.3 is 0 Å². The summed E-state index contributed by atoms with van der Waals surface area (Å²) >= 11 is 0. The molecule has 0 aliphatic heterocycles. The Balaban J connectivity index is 1.13. The Morgan fingerprint density at radius 3 is 2.68 bits per heavy atom. The highest BCUT2D eigenvalue weighted by Gasteiger charge is 2.43. The predicted octanol–water partition coefficient (Wildman–Crippen LogP) is 3.77. The summed E-state index contributed by atoms with van der Waals surface area (Å²) in [6.07, 6.45) is 8.08. The quantitative estimate of drug-likeness (QED) is 0.221. The van der Waals surface area contributed by atoms with Gasteiger partial charge in [-0.05, 0) is 51.2 Å². The number of aryl methyl sites for hydroxylation is 1. The van der Waals surface area contributed by atoms with E-state index < -0.39 is 11.4 Å². The first-order valence-corrected chi connectivity index (χ1v) is 13.4. The van der Waals surface area contributed by atoms with E-state index in [-0.39, 0.29) is 17.9 Å². The number of H-pyrrole nitrogens is 2. The highest BCUT2D eigenvalue weighted by molar-refractivity contribution is 5.88. The van der Waals surface area contributed by atoms with E-state index in [0.717, 1.165) is 22.8 Å². The van der Waals surface area contributed by atoms with Crippen molar-refractivity contribution >= 4 is 28.6 Å². The van der Waals surface area contributed by atoms with Crippen LogP contribution in [0.15, 0.2) is 43.0 Å². The number of pyridine rings is 1. The van der Waals surface area contributed by atoms with Gasteiger partial charge in [0.1, 0.15) is 17.2 Å². The van der Waals surface area contributed by atoms with Crippen LogP contribution in [0, 0.1) is 12.7 Å². The molecule has 13 nitrogen and oxygen atoms in total. The molecule has 0 saturated heterocycles. The van der Waals surface area contributed by atoms with E-state index in [1.54, 1.807) is 25.6 Å². The Morgan fingerprint density at radius 1 is 1.20 bits per heavy atom. The summed E-state index contributed by atoms with van der Waals surface area (Å²) < 4.78 is 20.5. The average Bonchev–Trinajstić information content (AvgIpc) is 3.74. The number of ether oxygens (including phenoxy) is 1. The van der Waals surface area contributed by atoms with Crippen LogP contribution in [0.25, 0.3) is 16.9 Å². The molecular weight excluding hydrogens is 529 g/mol. The van der Waals surface area contributed by atoms with E-state index >= 15 is 0 Å². The molecule has 0 aromatic carbocycles. The molecule has 5 aromatic heterocycles. The van der Waals surface area contributed by atoms with Gasteiger partial charge in [0.15, 0.2) is 23.1 Å². The lowest BCUT2D eigenvalue weighted by atomic mass is 9.77. The Labute approximate surface area is 234 Å². The molecule has 1 atom stereocenters. The zero-order valence-corrected chi connectivity index (χ0v) is 22.8. The minimum absolute atomic E-state index is 0.0431. The number of hydrogen-bond donors (Lipinski definition) is 4. The summed E-state index contributed by atoms with van der Waals surface area (Å²) in [4.78, 5) is 27.4. The van der Waals surface area contributed by atoms with Crippen molar-refractivity contribution in [3.05, 3.63) is 65.9 Å². The smallest absolute Gasteiger partial charge is 0.252 e. The molecule has 0 radical (unpaired) electrons. The van der Waals surface area contributed by atoms with E-state index in [2.05, 4.69) is 41.1 Å². The van der Waals surface area contributed by atoms with Crippen molar-refractivity contribution < 1.29 is 13.9 Å². The van der Waals surface area contributed by atoms with E-state index in [1.165, 1.54) is 10.9 Å². The Bertz CT molecular complexity index is 1670. The molecule has 1 aliphatic rings. The van der Waals surface area contributed by atoms with E-state index in [1.807, 2.05) is 26.0 Å². The zero-order valence-electron chi connectivity index (χ0n) is 22.8. The Morgan fingerprint density at radius 2 is 2.02 bits per heavy atom. The molecule has 14 heteroatoms. The highest BCUT2D eigenvalue weighted by Crippen LogP contribution is 2.40.